The maximum Gasteiger partial charge on any atom is 0.311 e. The number of carboxylic acid groups (broad SMARTS) is 1. The molecule has 0 radical (unpaired) electrons. The van der Waals surface area contributed by atoms with Crippen molar-refractivity contribution in [3.63, 3.8) is 0 Å². The van der Waals surface area contributed by atoms with E-state index in [-0.39, 0.29) is 12.5 Å². The standard InChI is InChI=1S/C13H15Br2NO3S/c1-2-13(12(18)19)4-3-5-16(7-13)11(17)8-6-9(14)20-10(8)15/h6H,2-5,7H2,1H3,(H,18,19). The van der Waals surface area contributed by atoms with Gasteiger partial charge in [-0.2, -0.15) is 0 Å². The van der Waals surface area contributed by atoms with Crippen LogP contribution < -0.4 is 0 Å². The van der Waals surface area contributed by atoms with Gasteiger partial charge in [0, 0.05) is 13.1 Å². The number of carbonyl (C=O) groups excluding carboxylic acids is 1. The lowest BCUT2D eigenvalue weighted by molar-refractivity contribution is -0.152. The molecule has 1 fully saturated rings. The van der Waals surface area contributed by atoms with Crippen LogP contribution in [0.4, 0.5) is 0 Å². The van der Waals surface area contributed by atoms with E-state index in [1.165, 1.54) is 11.3 Å². The molecule has 1 aliphatic heterocycles. The van der Waals surface area contributed by atoms with Crippen molar-refractivity contribution in [2.24, 2.45) is 5.41 Å². The fourth-order valence-corrected chi connectivity index (χ4v) is 5.35. The lowest BCUT2D eigenvalue weighted by Gasteiger charge is -2.39. The topological polar surface area (TPSA) is 57.6 Å². The molecule has 1 aromatic rings. The van der Waals surface area contributed by atoms with Crippen LogP contribution in [0.15, 0.2) is 13.6 Å². The van der Waals surface area contributed by atoms with Gasteiger partial charge in [-0.05, 0) is 57.2 Å². The van der Waals surface area contributed by atoms with Crippen LogP contribution in [0.3, 0.4) is 0 Å². The molecule has 0 saturated carbocycles. The van der Waals surface area contributed by atoms with Crippen LogP contribution in [-0.2, 0) is 4.79 Å². The number of nitrogens with zero attached hydrogens (tertiary/aromatic N) is 1. The Hall–Kier alpha value is -0.400. The van der Waals surface area contributed by atoms with Gasteiger partial charge in [0.2, 0.25) is 0 Å². The zero-order chi connectivity index (χ0) is 14.9. The van der Waals surface area contributed by atoms with Gasteiger partial charge >= 0.3 is 5.97 Å². The molecule has 0 spiro atoms. The van der Waals surface area contributed by atoms with Gasteiger partial charge < -0.3 is 10.0 Å². The van der Waals surface area contributed by atoms with Crippen LogP contribution in [-0.4, -0.2) is 35.0 Å². The van der Waals surface area contributed by atoms with E-state index < -0.39 is 11.4 Å². The van der Waals surface area contributed by atoms with Crippen LogP contribution in [0.2, 0.25) is 0 Å². The zero-order valence-electron chi connectivity index (χ0n) is 11.0. The molecule has 1 N–H and O–H groups in total. The number of carbonyl (C=O) groups is 2. The number of carboxylic acids is 1. The highest BCUT2D eigenvalue weighted by Crippen LogP contribution is 2.37. The van der Waals surface area contributed by atoms with Crippen molar-refractivity contribution >= 4 is 55.1 Å². The lowest BCUT2D eigenvalue weighted by Crippen LogP contribution is -2.49. The van der Waals surface area contributed by atoms with Crippen LogP contribution in [0.5, 0.6) is 0 Å². The van der Waals surface area contributed by atoms with Gasteiger partial charge in [0.15, 0.2) is 0 Å². The fourth-order valence-electron chi connectivity index (χ4n) is 2.58. The Balaban J connectivity index is 2.23. The average Bonchev–Trinajstić information content (AvgIpc) is 2.76. The van der Waals surface area contributed by atoms with Crippen molar-refractivity contribution in [1.29, 1.82) is 0 Å². The first-order chi connectivity index (χ1) is 9.39. The van der Waals surface area contributed by atoms with Crippen LogP contribution in [0.25, 0.3) is 0 Å². The first-order valence-corrected chi connectivity index (χ1v) is 8.77. The van der Waals surface area contributed by atoms with Crippen molar-refractivity contribution in [2.75, 3.05) is 13.1 Å². The Labute approximate surface area is 138 Å². The van der Waals surface area contributed by atoms with Crippen LogP contribution in [0.1, 0.15) is 36.5 Å². The molecular weight excluding hydrogens is 410 g/mol. The van der Waals surface area contributed by atoms with Crippen LogP contribution in [0, 0.1) is 5.41 Å². The van der Waals surface area contributed by atoms with Crippen molar-refractivity contribution in [3.8, 4) is 0 Å². The average molecular weight is 425 g/mol. The van der Waals surface area contributed by atoms with E-state index in [1.54, 1.807) is 11.0 Å². The number of thiophene rings is 1. The van der Waals surface area contributed by atoms with Crippen molar-refractivity contribution in [2.45, 2.75) is 26.2 Å². The maximum atomic E-state index is 12.5. The summed E-state index contributed by atoms with van der Waals surface area (Å²) in [4.78, 5) is 25.7. The van der Waals surface area contributed by atoms with E-state index >= 15 is 0 Å². The third kappa shape index (κ3) is 2.94. The summed E-state index contributed by atoms with van der Waals surface area (Å²) < 4.78 is 1.65. The second-order valence-corrected chi connectivity index (χ2v) is 8.76. The Morgan fingerprint density at radius 3 is 2.70 bits per heavy atom. The molecule has 20 heavy (non-hydrogen) atoms. The summed E-state index contributed by atoms with van der Waals surface area (Å²) in [5, 5.41) is 9.46. The normalized spacial score (nSPS) is 22.9. The first kappa shape index (κ1) is 16.0. The first-order valence-electron chi connectivity index (χ1n) is 6.37. The van der Waals surface area contributed by atoms with Crippen LogP contribution >= 0.6 is 43.2 Å². The molecule has 1 unspecified atom stereocenters. The fraction of sp³-hybridized carbons (Fsp3) is 0.538. The predicted octanol–water partition coefficient (Wildman–Crippen LogP) is 3.99. The number of hydrogen-bond donors (Lipinski definition) is 1. The van der Waals surface area contributed by atoms with E-state index in [4.69, 9.17) is 0 Å². The summed E-state index contributed by atoms with van der Waals surface area (Å²) in [6.45, 7) is 2.78. The number of rotatable bonds is 3. The molecule has 7 heteroatoms. The molecule has 2 heterocycles. The Kier molecular flexibility index (Phi) is 4.92. The Morgan fingerprint density at radius 2 is 2.20 bits per heavy atom. The SMILES string of the molecule is CCC1(C(=O)O)CCCN(C(=O)c2cc(Br)sc2Br)C1. The molecule has 1 aromatic heterocycles. The van der Waals surface area contributed by atoms with E-state index in [9.17, 15) is 14.7 Å². The van der Waals surface area contributed by atoms with Gasteiger partial charge in [-0.1, -0.05) is 6.92 Å². The second kappa shape index (κ2) is 6.15. The molecule has 0 aromatic carbocycles. The molecule has 1 atom stereocenters. The summed E-state index contributed by atoms with van der Waals surface area (Å²) in [6.07, 6.45) is 1.91. The van der Waals surface area contributed by atoms with Gasteiger partial charge in [-0.3, -0.25) is 9.59 Å². The number of aliphatic carboxylic acids is 1. The number of hydrogen-bond acceptors (Lipinski definition) is 3. The van der Waals surface area contributed by atoms with Crippen molar-refractivity contribution < 1.29 is 14.7 Å². The van der Waals surface area contributed by atoms with Gasteiger partial charge in [0.25, 0.3) is 5.91 Å². The minimum absolute atomic E-state index is 0.0994. The highest BCUT2D eigenvalue weighted by molar-refractivity contribution is 9.12. The van der Waals surface area contributed by atoms with Crippen molar-refractivity contribution in [1.82, 2.24) is 4.90 Å². The number of piperidine rings is 1. The number of amides is 1. The second-order valence-electron chi connectivity index (χ2n) is 5.01. The lowest BCUT2D eigenvalue weighted by atomic mass is 9.77. The number of likely N-dealkylation sites (tertiary alicyclic amines) is 1. The Morgan fingerprint density at radius 1 is 1.50 bits per heavy atom. The van der Waals surface area contributed by atoms with E-state index in [0.29, 0.717) is 24.9 Å². The quantitative estimate of drug-likeness (QED) is 0.797. The highest BCUT2D eigenvalue weighted by atomic mass is 79.9. The summed E-state index contributed by atoms with van der Waals surface area (Å²) in [5.74, 6) is -0.902. The monoisotopic (exact) mass is 423 g/mol. The molecule has 110 valence electrons. The number of halogens is 2. The maximum absolute atomic E-state index is 12.5. The summed E-state index contributed by atoms with van der Waals surface area (Å²) in [6, 6.07) is 1.78. The molecular formula is C13H15Br2NO3S. The van der Waals surface area contributed by atoms with Crippen molar-refractivity contribution in [3.05, 3.63) is 19.2 Å². The minimum atomic E-state index is -0.803. The molecule has 0 aliphatic carbocycles. The third-order valence-electron chi connectivity index (χ3n) is 3.88. The highest BCUT2D eigenvalue weighted by Gasteiger charge is 2.42. The zero-order valence-corrected chi connectivity index (χ0v) is 15.0. The summed E-state index contributed by atoms with van der Waals surface area (Å²) in [7, 11) is 0. The van der Waals surface area contributed by atoms with Gasteiger partial charge in [0.1, 0.15) is 0 Å². The van der Waals surface area contributed by atoms with E-state index in [0.717, 1.165) is 14.0 Å². The molecule has 0 bridgehead atoms. The third-order valence-corrected chi connectivity index (χ3v) is 6.22. The predicted molar refractivity (Wildman–Crippen MR) is 85.2 cm³/mol. The molecule has 2 rings (SSSR count). The molecule has 1 amide bonds. The van der Waals surface area contributed by atoms with Gasteiger partial charge in [0.05, 0.1) is 18.6 Å². The summed E-state index contributed by atoms with van der Waals surface area (Å²) >= 11 is 8.18. The van der Waals surface area contributed by atoms with Gasteiger partial charge in [-0.25, -0.2) is 0 Å². The minimum Gasteiger partial charge on any atom is -0.481 e. The molecule has 4 nitrogen and oxygen atoms in total. The summed E-state index contributed by atoms with van der Waals surface area (Å²) in [5.41, 5.74) is -0.202. The molecule has 1 saturated heterocycles. The van der Waals surface area contributed by atoms with E-state index in [2.05, 4.69) is 31.9 Å². The smallest absolute Gasteiger partial charge is 0.311 e. The van der Waals surface area contributed by atoms with E-state index in [1.807, 2.05) is 6.92 Å². The Bertz CT molecular complexity index is 546. The van der Waals surface area contributed by atoms with Gasteiger partial charge in [-0.15, -0.1) is 11.3 Å². The largest absolute Gasteiger partial charge is 0.481 e. The molecule has 1 aliphatic rings.